The fraction of sp³-hybridized carbons (Fsp3) is 0. The summed E-state index contributed by atoms with van der Waals surface area (Å²) in [7, 11) is -3.41. The maximum Gasteiger partial charge on any atom is 0.335 e. The highest BCUT2D eigenvalue weighted by atomic mass is 31.2. The van der Waals surface area contributed by atoms with E-state index in [-0.39, 0.29) is 16.7 Å². The van der Waals surface area contributed by atoms with Gasteiger partial charge in [-0.2, -0.15) is 0 Å². The zero-order valence-electron chi connectivity index (χ0n) is 34.7. The van der Waals surface area contributed by atoms with Crippen molar-refractivity contribution in [1.29, 1.82) is 0 Å². The first-order chi connectivity index (χ1) is 31.5. The molecule has 0 radical (unpaired) electrons. The highest BCUT2D eigenvalue weighted by Crippen LogP contribution is 2.44. The topological polar surface area (TPSA) is 129 Å². The molecule has 0 saturated carbocycles. The molecule has 9 aromatic rings. The summed E-state index contributed by atoms with van der Waals surface area (Å²) in [4.78, 5) is 34.0. The molecular weight excluding hydrogens is 828 g/mol. The van der Waals surface area contributed by atoms with E-state index >= 15 is 4.57 Å². The third-order valence-corrected chi connectivity index (χ3v) is 14.8. The van der Waals surface area contributed by atoms with Crippen molar-refractivity contribution in [3.05, 3.63) is 235 Å². The van der Waals surface area contributed by atoms with Crippen molar-refractivity contribution in [3.63, 3.8) is 0 Å². The molecule has 0 aromatic heterocycles. The van der Waals surface area contributed by atoms with Gasteiger partial charge in [-0.25, -0.2) is 14.4 Å². The van der Waals surface area contributed by atoms with Gasteiger partial charge in [0.25, 0.3) is 0 Å². The monoisotopic (exact) mass is 866 g/mol. The highest BCUT2D eigenvalue weighted by molar-refractivity contribution is 7.85. The van der Waals surface area contributed by atoms with E-state index < -0.39 is 25.0 Å². The van der Waals surface area contributed by atoms with Crippen LogP contribution in [0, 0.1) is 0 Å². The molecule has 0 spiro atoms. The zero-order valence-corrected chi connectivity index (χ0v) is 35.6. The summed E-state index contributed by atoms with van der Waals surface area (Å²) in [5, 5.41) is 29.9. The summed E-state index contributed by atoms with van der Waals surface area (Å²) in [6, 6.07) is 68.2. The van der Waals surface area contributed by atoms with Gasteiger partial charge in [-0.3, -0.25) is 0 Å². The standard InChI is InChI=1S/C57H39O7P/c58-55(59)49-19-13-43(14-20-49)37-1-7-40(8-2-37)46-25-31-52(32-26-46)65(64,53-33-27-47(28-34-53)41-9-3-38(4-10-41)44-15-21-50(22-16-44)56(60)61)54-35-29-48(30-36-54)42-11-5-39(6-12-42)45-17-23-51(24-18-45)57(62)63/h1-36H,(H,58,59)(H,60,61)(H,62,63). The second kappa shape index (κ2) is 17.8. The quantitative estimate of drug-likeness (QED) is 0.104. The van der Waals surface area contributed by atoms with Crippen LogP contribution in [0.3, 0.4) is 0 Å². The van der Waals surface area contributed by atoms with Crippen LogP contribution in [0.5, 0.6) is 0 Å². The van der Waals surface area contributed by atoms with Gasteiger partial charge in [-0.1, -0.05) is 182 Å². The Hall–Kier alpha value is -8.38. The summed E-state index contributed by atoms with van der Waals surface area (Å²) < 4.78 is 15.9. The van der Waals surface area contributed by atoms with Crippen molar-refractivity contribution in [1.82, 2.24) is 0 Å². The Balaban J connectivity index is 1.01. The predicted molar refractivity (Wildman–Crippen MR) is 259 cm³/mol. The molecule has 0 fully saturated rings. The summed E-state index contributed by atoms with van der Waals surface area (Å²) in [6.45, 7) is 0. The van der Waals surface area contributed by atoms with Gasteiger partial charge in [0.1, 0.15) is 0 Å². The molecule has 0 unspecified atom stereocenters. The molecule has 0 bridgehead atoms. The Morgan fingerprint density at radius 3 is 0.492 bits per heavy atom. The second-order valence-electron chi connectivity index (χ2n) is 15.6. The number of carbonyl (C=O) groups is 3. The molecule has 0 aliphatic carbocycles. The highest BCUT2D eigenvalue weighted by Gasteiger charge is 2.30. The van der Waals surface area contributed by atoms with Crippen LogP contribution in [0.2, 0.25) is 0 Å². The smallest absolute Gasteiger partial charge is 0.335 e. The Bertz CT molecular complexity index is 2860. The SMILES string of the molecule is O=C(O)c1ccc(-c2ccc(-c3ccc(P(=O)(c4ccc(-c5ccc(-c6ccc(C(=O)O)cc6)cc5)cc4)c4ccc(-c5ccc(-c6ccc(C(=O)O)cc6)cc5)cc4)cc3)cc2)cc1. The Kier molecular flexibility index (Phi) is 11.5. The van der Waals surface area contributed by atoms with Crippen LogP contribution < -0.4 is 15.9 Å². The minimum absolute atomic E-state index is 0.236. The molecule has 65 heavy (non-hydrogen) atoms. The minimum atomic E-state index is -3.41. The number of hydrogen-bond donors (Lipinski definition) is 3. The third-order valence-electron chi connectivity index (χ3n) is 11.7. The molecule has 314 valence electrons. The number of hydrogen-bond acceptors (Lipinski definition) is 4. The van der Waals surface area contributed by atoms with E-state index in [0.717, 1.165) is 66.8 Å². The van der Waals surface area contributed by atoms with Crippen LogP contribution >= 0.6 is 7.14 Å². The normalized spacial score (nSPS) is 11.2. The molecule has 0 aliphatic heterocycles. The lowest BCUT2D eigenvalue weighted by atomic mass is 9.99. The van der Waals surface area contributed by atoms with E-state index in [1.165, 1.54) is 0 Å². The fourth-order valence-corrected chi connectivity index (χ4v) is 10.6. The number of carboxylic acid groups (broad SMARTS) is 3. The number of benzene rings is 9. The van der Waals surface area contributed by atoms with Crippen molar-refractivity contribution in [2.75, 3.05) is 0 Å². The van der Waals surface area contributed by atoms with Crippen LogP contribution in [0.4, 0.5) is 0 Å². The molecule has 0 heterocycles. The third kappa shape index (κ3) is 8.69. The van der Waals surface area contributed by atoms with Gasteiger partial charge in [0.15, 0.2) is 7.14 Å². The van der Waals surface area contributed by atoms with Crippen molar-refractivity contribution >= 4 is 41.0 Å². The summed E-state index contributed by atoms with van der Waals surface area (Å²) in [5.74, 6) is -2.89. The van der Waals surface area contributed by atoms with Crippen molar-refractivity contribution < 1.29 is 34.3 Å². The number of carboxylic acids is 3. The van der Waals surface area contributed by atoms with Crippen LogP contribution in [0.1, 0.15) is 31.1 Å². The first-order valence-electron chi connectivity index (χ1n) is 20.8. The first-order valence-corrected chi connectivity index (χ1v) is 22.5. The van der Waals surface area contributed by atoms with Gasteiger partial charge in [-0.05, 0) is 103 Å². The maximum atomic E-state index is 15.9. The first kappa shape index (κ1) is 41.9. The van der Waals surface area contributed by atoms with Gasteiger partial charge < -0.3 is 19.9 Å². The van der Waals surface area contributed by atoms with Crippen LogP contribution in [-0.2, 0) is 4.57 Å². The molecule has 3 N–H and O–H groups in total. The predicted octanol–water partition coefficient (Wildman–Crippen LogP) is 12.4. The second-order valence-corrected chi connectivity index (χ2v) is 18.4. The Labute approximate surface area is 375 Å². The van der Waals surface area contributed by atoms with Crippen LogP contribution in [0.15, 0.2) is 218 Å². The molecule has 0 saturated heterocycles. The van der Waals surface area contributed by atoms with Crippen LogP contribution in [-0.4, -0.2) is 33.2 Å². The molecule has 0 amide bonds. The maximum absolute atomic E-state index is 15.9. The minimum Gasteiger partial charge on any atom is -0.478 e. The largest absolute Gasteiger partial charge is 0.478 e. The molecule has 7 nitrogen and oxygen atoms in total. The van der Waals surface area contributed by atoms with Gasteiger partial charge in [-0.15, -0.1) is 0 Å². The van der Waals surface area contributed by atoms with E-state index in [1.54, 1.807) is 72.8 Å². The molecule has 9 aromatic carbocycles. The Morgan fingerprint density at radius 1 is 0.231 bits per heavy atom. The average Bonchev–Trinajstić information content (AvgIpc) is 3.36. The van der Waals surface area contributed by atoms with Gasteiger partial charge in [0.2, 0.25) is 0 Å². The molecule has 0 aliphatic rings. The van der Waals surface area contributed by atoms with E-state index in [1.807, 2.05) is 146 Å². The average molecular weight is 867 g/mol. The van der Waals surface area contributed by atoms with E-state index in [4.69, 9.17) is 0 Å². The van der Waals surface area contributed by atoms with Crippen molar-refractivity contribution in [2.45, 2.75) is 0 Å². The molecule has 8 heteroatoms. The number of aromatic carboxylic acids is 3. The van der Waals surface area contributed by atoms with Gasteiger partial charge in [0, 0.05) is 15.9 Å². The molecular formula is C57H39O7P. The summed E-state index contributed by atoms with van der Waals surface area (Å²) >= 11 is 0. The summed E-state index contributed by atoms with van der Waals surface area (Å²) in [6.07, 6.45) is 0. The van der Waals surface area contributed by atoms with E-state index in [0.29, 0.717) is 15.9 Å². The lowest BCUT2D eigenvalue weighted by Gasteiger charge is -2.21. The Morgan fingerprint density at radius 2 is 0.354 bits per heavy atom. The van der Waals surface area contributed by atoms with E-state index in [2.05, 4.69) is 0 Å². The zero-order chi connectivity index (χ0) is 45.1. The van der Waals surface area contributed by atoms with E-state index in [9.17, 15) is 29.7 Å². The number of rotatable bonds is 12. The fourth-order valence-electron chi connectivity index (χ4n) is 8.02. The van der Waals surface area contributed by atoms with Gasteiger partial charge in [0.05, 0.1) is 16.7 Å². The van der Waals surface area contributed by atoms with Crippen LogP contribution in [0.25, 0.3) is 66.8 Å². The van der Waals surface area contributed by atoms with Gasteiger partial charge >= 0.3 is 17.9 Å². The lowest BCUT2D eigenvalue weighted by Crippen LogP contribution is -2.25. The lowest BCUT2D eigenvalue weighted by molar-refractivity contribution is 0.0686. The molecule has 0 atom stereocenters. The van der Waals surface area contributed by atoms with Crippen molar-refractivity contribution in [2.24, 2.45) is 0 Å². The van der Waals surface area contributed by atoms with Crippen molar-refractivity contribution in [3.8, 4) is 66.8 Å². The molecule has 9 rings (SSSR count). The summed E-state index contributed by atoms with van der Waals surface area (Å²) in [5.41, 5.74) is 12.2.